The molecule has 1 N–H and O–H groups in total. The molecule has 1 aliphatic carbocycles. The van der Waals surface area contributed by atoms with E-state index in [0.29, 0.717) is 40.7 Å². The number of anilines is 1. The molecule has 1 spiro atoms. The Balaban J connectivity index is 1.40. The van der Waals surface area contributed by atoms with Gasteiger partial charge in [0.2, 0.25) is 0 Å². The summed E-state index contributed by atoms with van der Waals surface area (Å²) in [6.45, 7) is 6.28. The number of aryl methyl sites for hydroxylation is 2. The smallest absolute Gasteiger partial charge is 0.319 e. The summed E-state index contributed by atoms with van der Waals surface area (Å²) in [6, 6.07) is 7.11. The third-order valence-electron chi connectivity index (χ3n) is 9.17. The van der Waals surface area contributed by atoms with Crippen LogP contribution in [0.2, 0.25) is 0 Å². The number of pyridine rings is 1. The van der Waals surface area contributed by atoms with E-state index in [4.69, 9.17) is 14.5 Å². The molecule has 0 amide bonds. The Bertz CT molecular complexity index is 1670. The molecule has 214 valence electrons. The van der Waals surface area contributed by atoms with E-state index in [2.05, 4.69) is 14.9 Å². The molecule has 4 aromatic rings. The Morgan fingerprint density at radius 3 is 2.66 bits per heavy atom. The zero-order valence-corrected chi connectivity index (χ0v) is 23.5. The fraction of sp³-hybridized carbons (Fsp3) is 0.469. The molecule has 1 saturated carbocycles. The number of halogens is 2. The highest BCUT2D eigenvalue weighted by Gasteiger charge is 2.44. The second-order valence-corrected chi connectivity index (χ2v) is 12.1. The van der Waals surface area contributed by atoms with Crippen molar-refractivity contribution in [3.63, 3.8) is 0 Å². The van der Waals surface area contributed by atoms with Gasteiger partial charge in [0, 0.05) is 36.7 Å². The number of aromatic nitrogens is 3. The molecule has 9 heteroatoms. The van der Waals surface area contributed by atoms with Crippen molar-refractivity contribution in [1.29, 1.82) is 0 Å². The summed E-state index contributed by atoms with van der Waals surface area (Å²) in [5.74, 6) is -0.341. The number of piperidine rings is 1. The molecule has 0 radical (unpaired) electrons. The molecule has 2 saturated heterocycles. The van der Waals surface area contributed by atoms with Crippen LogP contribution in [-0.2, 0) is 11.2 Å². The molecule has 7 nitrogen and oxygen atoms in total. The second kappa shape index (κ2) is 9.84. The summed E-state index contributed by atoms with van der Waals surface area (Å²) >= 11 is 0. The first-order chi connectivity index (χ1) is 19.8. The third kappa shape index (κ3) is 4.50. The van der Waals surface area contributed by atoms with Crippen molar-refractivity contribution in [2.75, 3.05) is 37.8 Å². The summed E-state index contributed by atoms with van der Waals surface area (Å²) in [4.78, 5) is 16.1. The molecule has 2 aliphatic heterocycles. The SMILES string of the molecule is CCc1c(F)ccc2cc(C)cc(-c3ncc4c(N5CCCC6(CCO6)C5)nc(OCC5(CO)CC5)nc4c3F)c12. The van der Waals surface area contributed by atoms with Crippen molar-refractivity contribution in [3.05, 3.63) is 53.2 Å². The summed E-state index contributed by atoms with van der Waals surface area (Å²) in [7, 11) is 0. The van der Waals surface area contributed by atoms with Gasteiger partial charge in [-0.25, -0.2) is 8.78 Å². The molecule has 0 bridgehead atoms. The lowest BCUT2D eigenvalue weighted by molar-refractivity contribution is -0.151. The van der Waals surface area contributed by atoms with E-state index in [-0.39, 0.29) is 47.3 Å². The van der Waals surface area contributed by atoms with E-state index in [1.54, 1.807) is 12.3 Å². The predicted octanol–water partition coefficient (Wildman–Crippen LogP) is 5.90. The average molecular weight is 561 g/mol. The predicted molar refractivity (Wildman–Crippen MR) is 153 cm³/mol. The van der Waals surface area contributed by atoms with Gasteiger partial charge in [0.1, 0.15) is 22.8 Å². The van der Waals surface area contributed by atoms with Crippen LogP contribution in [0.5, 0.6) is 6.01 Å². The van der Waals surface area contributed by atoms with E-state index >= 15 is 4.39 Å². The maximum atomic E-state index is 16.7. The van der Waals surface area contributed by atoms with Crippen molar-refractivity contribution >= 4 is 27.5 Å². The molecule has 4 heterocycles. The van der Waals surface area contributed by atoms with Crippen LogP contribution in [0.3, 0.4) is 0 Å². The summed E-state index contributed by atoms with van der Waals surface area (Å²) in [5, 5.41) is 11.8. The Morgan fingerprint density at radius 2 is 1.95 bits per heavy atom. The first kappa shape index (κ1) is 26.5. The number of fused-ring (bicyclic) bond motifs is 2. The van der Waals surface area contributed by atoms with Gasteiger partial charge in [0.05, 0.1) is 30.8 Å². The van der Waals surface area contributed by atoms with Crippen molar-refractivity contribution in [2.45, 2.75) is 58.0 Å². The number of benzene rings is 2. The van der Waals surface area contributed by atoms with Crippen LogP contribution >= 0.6 is 0 Å². The molecule has 2 aromatic heterocycles. The average Bonchev–Trinajstić information content (AvgIpc) is 3.75. The van der Waals surface area contributed by atoms with Crippen LogP contribution in [0.15, 0.2) is 30.5 Å². The minimum atomic E-state index is -0.593. The lowest BCUT2D eigenvalue weighted by Gasteiger charge is -2.48. The first-order valence-corrected chi connectivity index (χ1v) is 14.6. The molecule has 3 aliphatic rings. The van der Waals surface area contributed by atoms with Crippen molar-refractivity contribution in [2.24, 2.45) is 5.41 Å². The van der Waals surface area contributed by atoms with Crippen LogP contribution in [-0.4, -0.2) is 58.6 Å². The minimum absolute atomic E-state index is 0.0264. The largest absolute Gasteiger partial charge is 0.463 e. The van der Waals surface area contributed by atoms with Gasteiger partial charge in [-0.2, -0.15) is 9.97 Å². The summed E-state index contributed by atoms with van der Waals surface area (Å²) < 4.78 is 43.6. The maximum Gasteiger partial charge on any atom is 0.319 e. The van der Waals surface area contributed by atoms with Crippen molar-refractivity contribution < 1.29 is 23.4 Å². The topological polar surface area (TPSA) is 80.6 Å². The van der Waals surface area contributed by atoms with Gasteiger partial charge < -0.3 is 19.5 Å². The fourth-order valence-corrected chi connectivity index (χ4v) is 6.45. The fourth-order valence-electron chi connectivity index (χ4n) is 6.45. The molecular weight excluding hydrogens is 526 g/mol. The Labute approximate surface area is 237 Å². The molecule has 3 fully saturated rings. The number of nitrogens with zero attached hydrogens (tertiary/aromatic N) is 4. The van der Waals surface area contributed by atoms with E-state index in [1.807, 2.05) is 26.0 Å². The lowest BCUT2D eigenvalue weighted by Crippen LogP contribution is -2.56. The minimum Gasteiger partial charge on any atom is -0.463 e. The highest BCUT2D eigenvalue weighted by atomic mass is 19.1. The number of rotatable bonds is 7. The summed E-state index contributed by atoms with van der Waals surface area (Å²) in [5.41, 5.74) is 1.75. The molecular formula is C32H34F2N4O3. The van der Waals surface area contributed by atoms with E-state index in [9.17, 15) is 9.50 Å². The molecule has 41 heavy (non-hydrogen) atoms. The van der Waals surface area contributed by atoms with Crippen LogP contribution in [0, 0.1) is 24.0 Å². The van der Waals surface area contributed by atoms with Crippen LogP contribution in [0.4, 0.5) is 14.6 Å². The van der Waals surface area contributed by atoms with Gasteiger partial charge in [-0.15, -0.1) is 0 Å². The highest BCUT2D eigenvalue weighted by molar-refractivity contribution is 6.01. The van der Waals surface area contributed by atoms with Crippen LogP contribution < -0.4 is 9.64 Å². The quantitative estimate of drug-likeness (QED) is 0.301. The molecule has 2 aromatic carbocycles. The summed E-state index contributed by atoms with van der Waals surface area (Å²) in [6.07, 6.45) is 6.74. The lowest BCUT2D eigenvalue weighted by atomic mass is 9.86. The van der Waals surface area contributed by atoms with Crippen molar-refractivity contribution in [3.8, 4) is 17.3 Å². The Kier molecular flexibility index (Phi) is 6.35. The number of hydrogen-bond donors (Lipinski definition) is 1. The highest BCUT2D eigenvalue weighted by Crippen LogP contribution is 2.45. The normalized spacial score (nSPS) is 21.4. The van der Waals surface area contributed by atoms with Crippen LogP contribution in [0.25, 0.3) is 32.9 Å². The Hall–Kier alpha value is -3.43. The van der Waals surface area contributed by atoms with Gasteiger partial charge >= 0.3 is 6.01 Å². The van der Waals surface area contributed by atoms with Crippen LogP contribution in [0.1, 0.15) is 50.2 Å². The standard InChI is InChI=1S/C32H34F2N4O3/c1-3-21-24(33)6-5-20-13-19(2)14-22(25(20)21)27-26(34)28-23(15-35-27)29(38-11-4-7-32(16-38)10-12-41-32)37-30(36-28)40-18-31(17-39)8-9-31/h5-6,13-15,39H,3-4,7-12,16-18H2,1-2H3. The zero-order chi connectivity index (χ0) is 28.4. The monoisotopic (exact) mass is 560 g/mol. The molecule has 1 atom stereocenters. The van der Waals surface area contributed by atoms with Gasteiger partial charge in [-0.05, 0) is 73.1 Å². The number of aliphatic hydroxyl groups excluding tert-OH is 1. The zero-order valence-electron chi connectivity index (χ0n) is 23.5. The molecule has 7 rings (SSSR count). The number of ether oxygens (including phenoxy) is 2. The Morgan fingerprint density at radius 1 is 1.12 bits per heavy atom. The van der Waals surface area contributed by atoms with E-state index in [1.165, 1.54) is 6.07 Å². The second-order valence-electron chi connectivity index (χ2n) is 12.1. The number of hydrogen-bond acceptors (Lipinski definition) is 7. The van der Waals surface area contributed by atoms with Crippen molar-refractivity contribution in [1.82, 2.24) is 15.0 Å². The molecule has 1 unspecified atom stereocenters. The number of aliphatic hydroxyl groups is 1. The van der Waals surface area contributed by atoms with Gasteiger partial charge in [0.25, 0.3) is 0 Å². The van der Waals surface area contributed by atoms with Gasteiger partial charge in [-0.3, -0.25) is 4.98 Å². The van der Waals surface area contributed by atoms with Gasteiger partial charge in [0.15, 0.2) is 5.82 Å². The third-order valence-corrected chi connectivity index (χ3v) is 9.17. The van der Waals surface area contributed by atoms with E-state index in [0.717, 1.165) is 56.2 Å². The van der Waals surface area contributed by atoms with E-state index < -0.39 is 5.82 Å². The first-order valence-electron chi connectivity index (χ1n) is 14.6. The van der Waals surface area contributed by atoms with Gasteiger partial charge in [-0.1, -0.05) is 19.1 Å². The maximum absolute atomic E-state index is 16.7.